The predicted octanol–water partition coefficient (Wildman–Crippen LogP) is 2.60. The van der Waals surface area contributed by atoms with Gasteiger partial charge in [0.2, 0.25) is 0 Å². The summed E-state index contributed by atoms with van der Waals surface area (Å²) in [7, 11) is 2.14. The van der Waals surface area contributed by atoms with E-state index in [-0.39, 0.29) is 12.8 Å². The van der Waals surface area contributed by atoms with Gasteiger partial charge >= 0.3 is 6.03 Å². The zero-order chi connectivity index (χ0) is 17.5. The highest BCUT2D eigenvalue weighted by Crippen LogP contribution is 2.19. The highest BCUT2D eigenvalue weighted by molar-refractivity contribution is 5.89. The van der Waals surface area contributed by atoms with Crippen LogP contribution in [-0.2, 0) is 0 Å². The molecule has 2 N–H and O–H groups in total. The molecule has 0 aromatic heterocycles. The number of ether oxygens (including phenoxy) is 1. The molecule has 132 valence electrons. The van der Waals surface area contributed by atoms with Crippen molar-refractivity contribution in [1.82, 2.24) is 10.2 Å². The van der Waals surface area contributed by atoms with E-state index in [9.17, 15) is 4.79 Å². The number of rotatable bonds is 5. The number of nitrogens with one attached hydrogen (secondary N) is 2. The van der Waals surface area contributed by atoms with Gasteiger partial charge in [-0.25, -0.2) is 4.79 Å². The Kier molecular flexibility index (Phi) is 5.74. The quantitative estimate of drug-likeness (QED) is 0.822. The van der Waals surface area contributed by atoms with E-state index in [4.69, 9.17) is 4.74 Å². The molecule has 0 radical (unpaired) electrons. The Morgan fingerprint density at radius 1 is 1.00 bits per heavy atom. The summed E-state index contributed by atoms with van der Waals surface area (Å²) in [4.78, 5) is 16.6. The Balaban J connectivity index is 1.44. The van der Waals surface area contributed by atoms with Gasteiger partial charge in [0.25, 0.3) is 0 Å². The van der Waals surface area contributed by atoms with E-state index in [2.05, 4.69) is 27.5 Å². The fourth-order valence-corrected chi connectivity index (χ4v) is 2.70. The molecule has 0 bridgehead atoms. The van der Waals surface area contributed by atoms with Crippen LogP contribution in [0.25, 0.3) is 0 Å². The third-order valence-corrected chi connectivity index (χ3v) is 4.21. The van der Waals surface area contributed by atoms with Crippen LogP contribution in [0.15, 0.2) is 54.6 Å². The summed E-state index contributed by atoms with van der Waals surface area (Å²) in [6, 6.07) is 17.0. The second kappa shape index (κ2) is 8.39. The molecule has 1 fully saturated rings. The molecule has 1 aliphatic rings. The summed E-state index contributed by atoms with van der Waals surface area (Å²) < 4.78 is 5.44. The minimum atomic E-state index is -0.289. The normalized spacial score (nSPS) is 14.8. The van der Waals surface area contributed by atoms with Gasteiger partial charge in [0.1, 0.15) is 5.75 Å². The smallest absolute Gasteiger partial charge is 0.321 e. The van der Waals surface area contributed by atoms with Gasteiger partial charge in [-0.15, -0.1) is 0 Å². The lowest BCUT2D eigenvalue weighted by atomic mass is 10.2. The molecule has 0 unspecified atom stereocenters. The maximum Gasteiger partial charge on any atom is 0.321 e. The van der Waals surface area contributed by atoms with Crippen molar-refractivity contribution in [3.05, 3.63) is 54.6 Å². The highest BCUT2D eigenvalue weighted by atomic mass is 16.5. The molecule has 2 aromatic carbocycles. The second-order valence-electron chi connectivity index (χ2n) is 6.07. The molecular formula is C19H24N4O2. The van der Waals surface area contributed by atoms with Gasteiger partial charge in [0.05, 0.1) is 0 Å². The molecule has 2 aromatic rings. The first-order chi connectivity index (χ1) is 12.2. The van der Waals surface area contributed by atoms with Crippen molar-refractivity contribution in [2.45, 2.75) is 0 Å². The fourth-order valence-electron chi connectivity index (χ4n) is 2.70. The van der Waals surface area contributed by atoms with E-state index in [1.165, 1.54) is 5.69 Å². The third kappa shape index (κ3) is 5.12. The zero-order valence-electron chi connectivity index (χ0n) is 14.4. The van der Waals surface area contributed by atoms with Crippen LogP contribution < -0.4 is 20.3 Å². The lowest BCUT2D eigenvalue weighted by molar-refractivity contribution is 0.234. The minimum Gasteiger partial charge on any atom is -0.473 e. The Hall–Kier alpha value is -2.73. The number of urea groups is 1. The van der Waals surface area contributed by atoms with Crippen LogP contribution >= 0.6 is 0 Å². The molecule has 6 nitrogen and oxygen atoms in total. The van der Waals surface area contributed by atoms with E-state index >= 15 is 0 Å². The Morgan fingerprint density at radius 2 is 1.68 bits per heavy atom. The topological polar surface area (TPSA) is 56.8 Å². The summed E-state index contributed by atoms with van der Waals surface area (Å²) in [6.07, 6.45) is 0. The second-order valence-corrected chi connectivity index (χ2v) is 6.07. The van der Waals surface area contributed by atoms with E-state index in [0.29, 0.717) is 0 Å². The summed E-state index contributed by atoms with van der Waals surface area (Å²) in [5.74, 6) is 0.722. The van der Waals surface area contributed by atoms with Crippen LogP contribution in [0, 0.1) is 0 Å². The number of hydrogen-bond acceptors (Lipinski definition) is 4. The van der Waals surface area contributed by atoms with E-state index in [0.717, 1.165) is 37.6 Å². The van der Waals surface area contributed by atoms with Gasteiger partial charge in [-0.3, -0.25) is 0 Å². The molecule has 3 rings (SSSR count). The molecule has 0 spiro atoms. The van der Waals surface area contributed by atoms with Crippen LogP contribution in [0.2, 0.25) is 0 Å². The maximum absolute atomic E-state index is 11.9. The fraction of sp³-hybridized carbons (Fsp3) is 0.316. The number of anilines is 2. The number of amides is 2. The first-order valence-corrected chi connectivity index (χ1v) is 8.47. The summed E-state index contributed by atoms with van der Waals surface area (Å²) in [6.45, 7) is 4.32. The van der Waals surface area contributed by atoms with E-state index < -0.39 is 0 Å². The lowest BCUT2D eigenvalue weighted by Crippen LogP contribution is -2.44. The summed E-state index contributed by atoms with van der Waals surface area (Å²) in [5.41, 5.74) is 1.95. The van der Waals surface area contributed by atoms with E-state index in [1.54, 1.807) is 0 Å². The average molecular weight is 340 g/mol. The van der Waals surface area contributed by atoms with Gasteiger partial charge in [0, 0.05) is 37.6 Å². The first-order valence-electron chi connectivity index (χ1n) is 8.47. The minimum absolute atomic E-state index is 0.120. The van der Waals surface area contributed by atoms with Crippen molar-refractivity contribution in [3.63, 3.8) is 0 Å². The van der Waals surface area contributed by atoms with Crippen molar-refractivity contribution < 1.29 is 9.53 Å². The van der Waals surface area contributed by atoms with Crippen molar-refractivity contribution in [1.29, 1.82) is 0 Å². The number of nitrogens with zero attached hydrogens (tertiary/aromatic N) is 2. The first kappa shape index (κ1) is 17.1. The largest absolute Gasteiger partial charge is 0.473 e. The molecule has 1 saturated heterocycles. The molecule has 0 aliphatic carbocycles. The molecule has 6 heteroatoms. The number of piperazine rings is 1. The summed E-state index contributed by atoms with van der Waals surface area (Å²) >= 11 is 0. The van der Waals surface area contributed by atoms with Gasteiger partial charge in [-0.2, -0.15) is 0 Å². The number of carbonyl (C=O) groups is 1. The molecule has 0 atom stereocenters. The monoisotopic (exact) mass is 340 g/mol. The van der Waals surface area contributed by atoms with Gasteiger partial charge in [0.15, 0.2) is 6.73 Å². The van der Waals surface area contributed by atoms with Crippen LogP contribution in [0.5, 0.6) is 5.75 Å². The lowest BCUT2D eigenvalue weighted by Gasteiger charge is -2.34. The van der Waals surface area contributed by atoms with E-state index in [1.807, 2.05) is 54.6 Å². The molecule has 1 aliphatic heterocycles. The van der Waals surface area contributed by atoms with Crippen molar-refractivity contribution in [2.75, 3.05) is 50.2 Å². The average Bonchev–Trinajstić information content (AvgIpc) is 2.64. The number of hydrogen-bond donors (Lipinski definition) is 2. The maximum atomic E-state index is 11.9. The molecule has 25 heavy (non-hydrogen) atoms. The number of carbonyl (C=O) groups excluding carboxylic acids is 1. The van der Waals surface area contributed by atoms with Crippen molar-refractivity contribution >= 4 is 17.4 Å². The zero-order valence-corrected chi connectivity index (χ0v) is 14.4. The molecule has 0 saturated carbocycles. The number of benzene rings is 2. The van der Waals surface area contributed by atoms with Crippen molar-refractivity contribution in [3.8, 4) is 5.75 Å². The molecule has 2 amide bonds. The molecule has 1 heterocycles. The Bertz CT molecular complexity index is 668. The molecular weight excluding hydrogens is 316 g/mol. The Morgan fingerprint density at radius 3 is 2.36 bits per heavy atom. The Labute approximate surface area is 148 Å². The number of para-hydroxylation sites is 1. The summed E-state index contributed by atoms with van der Waals surface area (Å²) in [5, 5.41) is 5.48. The van der Waals surface area contributed by atoms with Crippen LogP contribution in [0.1, 0.15) is 0 Å². The standard InChI is InChI=1S/C19H24N4O2/c1-22-11-13-23(14-12-22)17-9-7-16(8-10-17)21-19(24)20-15-25-18-5-3-2-4-6-18/h2-10H,11-15H2,1H3,(H2,20,21,24). The highest BCUT2D eigenvalue weighted by Gasteiger charge is 2.14. The SMILES string of the molecule is CN1CCN(c2ccc(NC(=O)NCOc3ccccc3)cc2)CC1. The number of likely N-dealkylation sites (N-methyl/N-ethyl adjacent to an activating group) is 1. The van der Waals surface area contributed by atoms with Gasteiger partial charge in [-0.1, -0.05) is 18.2 Å². The van der Waals surface area contributed by atoms with Crippen LogP contribution in [0.4, 0.5) is 16.2 Å². The third-order valence-electron chi connectivity index (χ3n) is 4.21. The van der Waals surface area contributed by atoms with Gasteiger partial charge in [-0.05, 0) is 43.4 Å². The van der Waals surface area contributed by atoms with Gasteiger partial charge < -0.3 is 25.2 Å². The van der Waals surface area contributed by atoms with Crippen molar-refractivity contribution in [2.24, 2.45) is 0 Å². The van der Waals surface area contributed by atoms with Crippen LogP contribution in [-0.4, -0.2) is 50.9 Å². The predicted molar refractivity (Wildman–Crippen MR) is 100 cm³/mol. The van der Waals surface area contributed by atoms with Crippen LogP contribution in [0.3, 0.4) is 0 Å².